The van der Waals surface area contributed by atoms with Gasteiger partial charge in [0.15, 0.2) is 0 Å². The van der Waals surface area contributed by atoms with Gasteiger partial charge in [0.2, 0.25) is 0 Å². The molecule has 0 atom stereocenters. The molecule has 0 saturated carbocycles. The van der Waals surface area contributed by atoms with Gasteiger partial charge in [-0.3, -0.25) is 9.78 Å². The van der Waals surface area contributed by atoms with E-state index < -0.39 is 0 Å². The highest BCUT2D eigenvalue weighted by atomic mass is 32.1. The second-order valence-corrected chi connectivity index (χ2v) is 4.89. The maximum absolute atomic E-state index is 12.3. The van der Waals surface area contributed by atoms with E-state index in [2.05, 4.69) is 9.97 Å². The minimum atomic E-state index is 0.0583. The number of nitrogens with zero attached hydrogens (tertiary/aromatic N) is 3. The summed E-state index contributed by atoms with van der Waals surface area (Å²) in [5, 5.41) is 0. The lowest BCUT2D eigenvalue weighted by Crippen LogP contribution is -2.25. The van der Waals surface area contributed by atoms with Crippen LogP contribution >= 0.6 is 11.3 Å². The number of amides is 1. The molecule has 0 bridgehead atoms. The van der Waals surface area contributed by atoms with Crippen molar-refractivity contribution in [3.63, 3.8) is 0 Å². The number of aryl methyl sites for hydroxylation is 1. The van der Waals surface area contributed by atoms with Gasteiger partial charge in [0, 0.05) is 12.7 Å². The van der Waals surface area contributed by atoms with Crippen molar-refractivity contribution in [3.8, 4) is 0 Å². The molecule has 2 aromatic rings. The van der Waals surface area contributed by atoms with Crippen molar-refractivity contribution in [2.45, 2.75) is 20.0 Å². The molecule has 0 radical (unpaired) electrons. The van der Waals surface area contributed by atoms with Crippen LogP contribution in [-0.2, 0) is 13.1 Å². The third kappa shape index (κ3) is 1.72. The minimum Gasteiger partial charge on any atom is -0.328 e. The van der Waals surface area contributed by atoms with Crippen molar-refractivity contribution in [2.24, 2.45) is 0 Å². The average molecular weight is 245 g/mol. The molecule has 1 aliphatic heterocycles. The Kier molecular flexibility index (Phi) is 2.40. The second-order valence-electron chi connectivity index (χ2n) is 4.04. The van der Waals surface area contributed by atoms with Crippen molar-refractivity contribution in [2.75, 3.05) is 0 Å². The zero-order valence-electron chi connectivity index (χ0n) is 9.38. The number of rotatable bonds is 1. The Hall–Kier alpha value is -1.75. The fourth-order valence-corrected chi connectivity index (χ4v) is 2.76. The molecule has 1 amide bonds. The normalized spacial score (nSPS) is 13.8. The Labute approximate surface area is 103 Å². The molecule has 0 aromatic carbocycles. The van der Waals surface area contributed by atoms with Crippen LogP contribution in [0.5, 0.6) is 0 Å². The molecule has 86 valence electrons. The monoisotopic (exact) mass is 245 g/mol. The largest absolute Gasteiger partial charge is 0.328 e. The highest BCUT2D eigenvalue weighted by Gasteiger charge is 2.26. The first-order valence-corrected chi connectivity index (χ1v) is 6.26. The second kappa shape index (κ2) is 3.92. The van der Waals surface area contributed by atoms with Crippen LogP contribution in [0.25, 0.3) is 0 Å². The zero-order chi connectivity index (χ0) is 11.8. The third-order valence-corrected chi connectivity index (χ3v) is 3.83. The molecule has 0 aliphatic carbocycles. The Balaban J connectivity index is 1.86. The van der Waals surface area contributed by atoms with E-state index in [9.17, 15) is 4.79 Å². The molecular formula is C12H11N3OS. The fraction of sp³-hybridized carbons (Fsp3) is 0.250. The minimum absolute atomic E-state index is 0.0583. The molecule has 0 fully saturated rings. The lowest BCUT2D eigenvalue weighted by atomic mass is 10.2. The predicted molar refractivity (Wildman–Crippen MR) is 64.7 cm³/mol. The molecule has 1 aliphatic rings. The molecular weight excluding hydrogens is 234 g/mol. The first-order valence-electron chi connectivity index (χ1n) is 5.38. The summed E-state index contributed by atoms with van der Waals surface area (Å²) >= 11 is 1.40. The van der Waals surface area contributed by atoms with Crippen molar-refractivity contribution < 1.29 is 4.79 Å². The van der Waals surface area contributed by atoms with Gasteiger partial charge in [-0.25, -0.2) is 4.98 Å². The summed E-state index contributed by atoms with van der Waals surface area (Å²) in [5.74, 6) is 0.0583. The molecule has 3 rings (SSSR count). The molecule has 0 N–H and O–H groups in total. The van der Waals surface area contributed by atoms with E-state index in [1.165, 1.54) is 11.3 Å². The van der Waals surface area contributed by atoms with Crippen LogP contribution in [-0.4, -0.2) is 20.8 Å². The summed E-state index contributed by atoms with van der Waals surface area (Å²) in [7, 11) is 0. The number of hydrogen-bond acceptors (Lipinski definition) is 4. The van der Waals surface area contributed by atoms with Gasteiger partial charge in [-0.05, 0) is 18.6 Å². The Bertz CT molecular complexity index is 554. The predicted octanol–water partition coefficient (Wildman–Crippen LogP) is 2.00. The van der Waals surface area contributed by atoms with Gasteiger partial charge in [0.1, 0.15) is 4.88 Å². The fourth-order valence-electron chi connectivity index (χ4n) is 1.99. The van der Waals surface area contributed by atoms with E-state index in [1.54, 1.807) is 11.7 Å². The first kappa shape index (κ1) is 10.4. The van der Waals surface area contributed by atoms with E-state index >= 15 is 0 Å². The number of aromatic nitrogens is 2. The van der Waals surface area contributed by atoms with Crippen molar-refractivity contribution >= 4 is 17.2 Å². The summed E-state index contributed by atoms with van der Waals surface area (Å²) in [5.41, 5.74) is 4.67. The van der Waals surface area contributed by atoms with Gasteiger partial charge < -0.3 is 4.90 Å². The van der Waals surface area contributed by atoms with Crippen molar-refractivity contribution in [1.82, 2.24) is 14.9 Å². The molecule has 0 saturated heterocycles. The summed E-state index contributed by atoms with van der Waals surface area (Å²) < 4.78 is 0. The number of hydrogen-bond donors (Lipinski definition) is 0. The van der Waals surface area contributed by atoms with Crippen LogP contribution in [0, 0.1) is 6.92 Å². The first-order chi connectivity index (χ1) is 8.25. The van der Waals surface area contributed by atoms with Crippen LogP contribution in [0.4, 0.5) is 0 Å². The molecule has 4 nitrogen and oxygen atoms in total. The molecule has 2 aromatic heterocycles. The van der Waals surface area contributed by atoms with Gasteiger partial charge in [0.05, 0.1) is 23.4 Å². The standard InChI is InChI=1S/C12H11N3OS/c1-8-11(17-7-14-8)12(16)15-5-9-3-2-4-13-10(9)6-15/h2-4,7H,5-6H2,1H3. The number of fused-ring (bicyclic) bond motifs is 1. The van der Waals surface area contributed by atoms with Crippen LogP contribution in [0.15, 0.2) is 23.8 Å². The number of carbonyl (C=O) groups excluding carboxylic acids is 1. The topological polar surface area (TPSA) is 46.1 Å². The number of pyridine rings is 1. The summed E-state index contributed by atoms with van der Waals surface area (Å²) in [4.78, 5) is 23.2. The van der Waals surface area contributed by atoms with Crippen molar-refractivity contribution in [1.29, 1.82) is 0 Å². The van der Waals surface area contributed by atoms with Crippen LogP contribution in [0.3, 0.4) is 0 Å². The summed E-state index contributed by atoms with van der Waals surface area (Å²) in [6.07, 6.45) is 1.77. The van der Waals surface area contributed by atoms with Crippen LogP contribution in [0.2, 0.25) is 0 Å². The van der Waals surface area contributed by atoms with Crippen LogP contribution < -0.4 is 0 Å². The van der Waals surface area contributed by atoms with E-state index in [-0.39, 0.29) is 5.91 Å². The van der Waals surface area contributed by atoms with Gasteiger partial charge in [0.25, 0.3) is 5.91 Å². The molecule has 3 heterocycles. The lowest BCUT2D eigenvalue weighted by Gasteiger charge is -2.13. The highest BCUT2D eigenvalue weighted by molar-refractivity contribution is 7.11. The number of carbonyl (C=O) groups is 1. The Morgan fingerprint density at radius 3 is 3.00 bits per heavy atom. The van der Waals surface area contributed by atoms with E-state index in [4.69, 9.17) is 0 Å². The van der Waals surface area contributed by atoms with E-state index in [0.717, 1.165) is 21.8 Å². The third-order valence-electron chi connectivity index (χ3n) is 2.91. The van der Waals surface area contributed by atoms with Gasteiger partial charge >= 0.3 is 0 Å². The quantitative estimate of drug-likeness (QED) is 0.772. The molecule has 0 spiro atoms. The maximum Gasteiger partial charge on any atom is 0.266 e. The van der Waals surface area contributed by atoms with E-state index in [0.29, 0.717) is 13.1 Å². The van der Waals surface area contributed by atoms with Crippen molar-refractivity contribution in [3.05, 3.63) is 45.7 Å². The zero-order valence-corrected chi connectivity index (χ0v) is 10.2. The van der Waals surface area contributed by atoms with Crippen LogP contribution in [0.1, 0.15) is 26.6 Å². The van der Waals surface area contributed by atoms with Gasteiger partial charge in [-0.1, -0.05) is 6.07 Å². The molecule has 17 heavy (non-hydrogen) atoms. The van der Waals surface area contributed by atoms with Gasteiger partial charge in [-0.2, -0.15) is 0 Å². The highest BCUT2D eigenvalue weighted by Crippen LogP contribution is 2.24. The number of thiazole rings is 1. The lowest BCUT2D eigenvalue weighted by molar-refractivity contribution is 0.0754. The maximum atomic E-state index is 12.3. The molecule has 0 unspecified atom stereocenters. The average Bonchev–Trinajstić information content (AvgIpc) is 2.93. The molecule has 5 heteroatoms. The Morgan fingerprint density at radius 1 is 1.41 bits per heavy atom. The SMILES string of the molecule is Cc1ncsc1C(=O)N1Cc2cccnc2C1. The van der Waals surface area contributed by atoms with Gasteiger partial charge in [-0.15, -0.1) is 11.3 Å². The smallest absolute Gasteiger partial charge is 0.266 e. The summed E-state index contributed by atoms with van der Waals surface area (Å²) in [6.45, 7) is 3.12. The summed E-state index contributed by atoms with van der Waals surface area (Å²) in [6, 6.07) is 3.93. The van der Waals surface area contributed by atoms with E-state index in [1.807, 2.05) is 24.0 Å². The Morgan fingerprint density at radius 2 is 2.29 bits per heavy atom.